The molecule has 2 aromatic rings. The molecule has 0 saturated heterocycles. The average Bonchev–Trinajstić information content (AvgIpc) is 3.02. The number of amides is 1. The topological polar surface area (TPSA) is 91.4 Å². The number of Topliss-reactive ketones (excluding diaryl/α,β-unsaturated/α-hetero) is 1. The van der Waals surface area contributed by atoms with E-state index in [4.69, 9.17) is 0 Å². The minimum absolute atomic E-state index is 0.0275. The number of para-hydroxylation sites is 1. The van der Waals surface area contributed by atoms with Crippen LogP contribution in [0.5, 0.6) is 0 Å². The number of aromatic amines is 1. The van der Waals surface area contributed by atoms with E-state index in [-0.39, 0.29) is 11.7 Å². The Labute approximate surface area is 153 Å². The van der Waals surface area contributed by atoms with Gasteiger partial charge in [0.2, 0.25) is 5.91 Å². The van der Waals surface area contributed by atoms with Crippen LogP contribution in [0.2, 0.25) is 0 Å². The van der Waals surface area contributed by atoms with Crippen molar-refractivity contribution in [1.82, 2.24) is 10.3 Å². The summed E-state index contributed by atoms with van der Waals surface area (Å²) in [6.45, 7) is 5.78. The Balaban J connectivity index is 2.19. The summed E-state index contributed by atoms with van der Waals surface area (Å²) in [6, 6.07) is 6.22. The lowest BCUT2D eigenvalue weighted by atomic mass is 9.98. The summed E-state index contributed by atoms with van der Waals surface area (Å²) in [6.07, 6.45) is 3.72. The summed E-state index contributed by atoms with van der Waals surface area (Å²) in [7, 11) is 0. The number of aromatic nitrogens is 1. The second-order valence-electron chi connectivity index (χ2n) is 7.09. The zero-order valence-electron chi connectivity index (χ0n) is 15.6. The zero-order chi connectivity index (χ0) is 19.1. The maximum atomic E-state index is 12.5. The van der Waals surface area contributed by atoms with E-state index < -0.39 is 18.0 Å². The molecule has 0 aliphatic heterocycles. The molecule has 2 unspecified atom stereocenters. The number of ketones is 1. The number of nitrogens with one attached hydrogen (secondary N) is 2. The predicted molar refractivity (Wildman–Crippen MR) is 103 cm³/mol. The molecule has 0 fully saturated rings. The lowest BCUT2D eigenvalue weighted by Crippen LogP contribution is -2.46. The number of nitroso groups, excluding NO2 is 1. The van der Waals surface area contributed by atoms with Crippen LogP contribution in [-0.4, -0.2) is 28.8 Å². The first-order valence-electron chi connectivity index (χ1n) is 9.16. The SMILES string of the molecule is CCCC(=O)C(Cc1c[nH]c2ccccc12)NC(=O)C(CC(C)C)N=O. The highest BCUT2D eigenvalue weighted by molar-refractivity contribution is 5.92. The summed E-state index contributed by atoms with van der Waals surface area (Å²) in [5.41, 5.74) is 1.96. The van der Waals surface area contributed by atoms with Crippen LogP contribution in [-0.2, 0) is 16.0 Å². The van der Waals surface area contributed by atoms with Gasteiger partial charge >= 0.3 is 0 Å². The molecule has 2 atom stereocenters. The van der Waals surface area contributed by atoms with E-state index in [0.29, 0.717) is 25.7 Å². The Hall–Kier alpha value is -2.50. The lowest BCUT2D eigenvalue weighted by Gasteiger charge is -2.20. The van der Waals surface area contributed by atoms with Crippen molar-refractivity contribution in [3.63, 3.8) is 0 Å². The predicted octanol–water partition coefficient (Wildman–Crippen LogP) is 3.75. The highest BCUT2D eigenvalue weighted by atomic mass is 16.3. The number of H-pyrrole nitrogens is 1. The third-order valence-electron chi connectivity index (χ3n) is 4.43. The number of fused-ring (bicyclic) bond motifs is 1. The first-order valence-corrected chi connectivity index (χ1v) is 9.16. The van der Waals surface area contributed by atoms with E-state index >= 15 is 0 Å². The van der Waals surface area contributed by atoms with E-state index in [1.165, 1.54) is 0 Å². The van der Waals surface area contributed by atoms with Crippen molar-refractivity contribution in [1.29, 1.82) is 0 Å². The summed E-state index contributed by atoms with van der Waals surface area (Å²) in [5, 5.41) is 6.75. The van der Waals surface area contributed by atoms with E-state index in [2.05, 4.69) is 15.5 Å². The van der Waals surface area contributed by atoms with Gasteiger partial charge in [-0.05, 0) is 30.4 Å². The average molecular weight is 357 g/mol. The zero-order valence-corrected chi connectivity index (χ0v) is 15.6. The smallest absolute Gasteiger partial charge is 0.249 e. The number of carbonyl (C=O) groups is 2. The fourth-order valence-electron chi connectivity index (χ4n) is 3.10. The second kappa shape index (κ2) is 9.27. The van der Waals surface area contributed by atoms with Gasteiger partial charge in [-0.25, -0.2) is 0 Å². The number of hydrogen-bond acceptors (Lipinski definition) is 4. The van der Waals surface area contributed by atoms with Gasteiger partial charge < -0.3 is 10.3 Å². The first kappa shape index (κ1) is 19.8. The van der Waals surface area contributed by atoms with Gasteiger partial charge in [-0.15, -0.1) is 4.91 Å². The van der Waals surface area contributed by atoms with E-state index in [1.54, 1.807) is 0 Å². The van der Waals surface area contributed by atoms with Gasteiger partial charge in [0.15, 0.2) is 11.8 Å². The van der Waals surface area contributed by atoms with Crippen LogP contribution in [0.3, 0.4) is 0 Å². The van der Waals surface area contributed by atoms with Crippen molar-refractivity contribution >= 4 is 22.6 Å². The fourth-order valence-corrected chi connectivity index (χ4v) is 3.10. The minimum atomic E-state index is -0.963. The molecular formula is C20H27N3O3. The standard InChI is InChI=1S/C20H27N3O3/c1-4-7-19(24)17(22-20(25)18(23-26)10-13(2)3)11-14-12-21-16-9-6-5-8-15(14)16/h5-6,8-9,12-13,17-18,21H,4,7,10-11H2,1-3H3,(H,22,25). The monoisotopic (exact) mass is 357 g/mol. The van der Waals surface area contributed by atoms with Gasteiger partial charge in [0.05, 0.1) is 6.04 Å². The van der Waals surface area contributed by atoms with Gasteiger partial charge in [-0.2, -0.15) is 0 Å². The van der Waals surface area contributed by atoms with Crippen LogP contribution in [0.15, 0.2) is 35.6 Å². The lowest BCUT2D eigenvalue weighted by molar-refractivity contribution is -0.128. The largest absolute Gasteiger partial charge is 0.361 e. The molecule has 6 nitrogen and oxygen atoms in total. The van der Waals surface area contributed by atoms with Crippen molar-refractivity contribution in [2.45, 2.75) is 58.5 Å². The number of rotatable bonds is 10. The maximum absolute atomic E-state index is 12.5. The highest BCUT2D eigenvalue weighted by Gasteiger charge is 2.27. The molecule has 0 spiro atoms. The summed E-state index contributed by atoms with van der Waals surface area (Å²) >= 11 is 0. The van der Waals surface area contributed by atoms with Crippen LogP contribution in [0, 0.1) is 10.8 Å². The van der Waals surface area contributed by atoms with Crippen molar-refractivity contribution < 1.29 is 9.59 Å². The van der Waals surface area contributed by atoms with Crippen LogP contribution < -0.4 is 5.32 Å². The van der Waals surface area contributed by atoms with Gasteiger partial charge in [0.25, 0.3) is 0 Å². The molecule has 2 rings (SSSR count). The van der Waals surface area contributed by atoms with Gasteiger partial charge in [-0.3, -0.25) is 9.59 Å². The molecule has 26 heavy (non-hydrogen) atoms. The first-order chi connectivity index (χ1) is 12.5. The maximum Gasteiger partial charge on any atom is 0.249 e. The Kier molecular flexibility index (Phi) is 7.06. The van der Waals surface area contributed by atoms with Crippen LogP contribution in [0.25, 0.3) is 10.9 Å². The Bertz CT molecular complexity index is 767. The summed E-state index contributed by atoms with van der Waals surface area (Å²) in [4.78, 5) is 39.2. The minimum Gasteiger partial charge on any atom is -0.361 e. The summed E-state index contributed by atoms with van der Waals surface area (Å²) < 4.78 is 0. The molecule has 0 saturated carbocycles. The second-order valence-corrected chi connectivity index (χ2v) is 7.09. The quantitative estimate of drug-likeness (QED) is 0.634. The van der Waals surface area contributed by atoms with Crippen molar-refractivity contribution in [2.24, 2.45) is 11.1 Å². The number of benzene rings is 1. The Morgan fingerprint density at radius 3 is 2.62 bits per heavy atom. The molecule has 0 radical (unpaired) electrons. The molecule has 1 heterocycles. The van der Waals surface area contributed by atoms with Gasteiger partial charge in [0, 0.05) is 29.9 Å². The van der Waals surface area contributed by atoms with E-state index in [1.807, 2.05) is 51.2 Å². The Morgan fingerprint density at radius 1 is 1.23 bits per heavy atom. The van der Waals surface area contributed by atoms with Gasteiger partial charge in [0.1, 0.15) is 0 Å². The molecule has 1 aromatic heterocycles. The van der Waals surface area contributed by atoms with Crippen molar-refractivity contribution in [2.75, 3.05) is 0 Å². The number of nitrogens with zero attached hydrogens (tertiary/aromatic N) is 1. The summed E-state index contributed by atoms with van der Waals surface area (Å²) in [5.74, 6) is -0.329. The number of hydrogen-bond donors (Lipinski definition) is 2. The molecule has 6 heteroatoms. The highest BCUT2D eigenvalue weighted by Crippen LogP contribution is 2.20. The third-order valence-corrected chi connectivity index (χ3v) is 4.43. The normalized spacial score (nSPS) is 13.5. The molecule has 0 bridgehead atoms. The van der Waals surface area contributed by atoms with E-state index in [0.717, 1.165) is 16.5 Å². The van der Waals surface area contributed by atoms with E-state index in [9.17, 15) is 14.5 Å². The third kappa shape index (κ3) is 5.00. The molecule has 2 N–H and O–H groups in total. The molecule has 140 valence electrons. The Morgan fingerprint density at radius 2 is 1.96 bits per heavy atom. The number of carbonyl (C=O) groups excluding carboxylic acids is 2. The van der Waals surface area contributed by atoms with Crippen molar-refractivity contribution in [3.05, 3.63) is 40.9 Å². The van der Waals surface area contributed by atoms with Crippen molar-refractivity contribution in [3.8, 4) is 0 Å². The molecular weight excluding hydrogens is 330 g/mol. The molecule has 0 aliphatic carbocycles. The van der Waals surface area contributed by atoms with Crippen LogP contribution in [0.4, 0.5) is 0 Å². The van der Waals surface area contributed by atoms with Crippen LogP contribution in [0.1, 0.15) is 45.6 Å². The molecule has 1 aromatic carbocycles. The molecule has 0 aliphatic rings. The van der Waals surface area contributed by atoms with Gasteiger partial charge in [-0.1, -0.05) is 44.1 Å². The van der Waals surface area contributed by atoms with Crippen LogP contribution >= 0.6 is 0 Å². The fraction of sp³-hybridized carbons (Fsp3) is 0.500. The molecule has 1 amide bonds.